The van der Waals surface area contributed by atoms with E-state index in [0.29, 0.717) is 6.61 Å². The van der Waals surface area contributed by atoms with Crippen molar-refractivity contribution in [3.8, 4) is 0 Å². The van der Waals surface area contributed by atoms with E-state index in [1.807, 2.05) is 30.3 Å². The van der Waals surface area contributed by atoms with Crippen molar-refractivity contribution >= 4 is 0 Å². The topological polar surface area (TPSA) is 41.5 Å². The number of nitrogens with one attached hydrogen (secondary N) is 1. The maximum absolute atomic E-state index is 9.48. The molecule has 1 rings (SSSR count). The van der Waals surface area contributed by atoms with Gasteiger partial charge in [0.05, 0.1) is 6.61 Å². The van der Waals surface area contributed by atoms with Gasteiger partial charge in [0.25, 0.3) is 0 Å². The zero-order valence-electron chi connectivity index (χ0n) is 9.86. The standard InChI is InChI=1S/C13H21NO2/c1-2-3-7-10-14-13(15)16-11-12-8-5-4-6-9-12/h4-6,8-9,13-15H,2-3,7,10-11H2,1H3. The van der Waals surface area contributed by atoms with Gasteiger partial charge in [0.15, 0.2) is 0 Å². The molecular weight excluding hydrogens is 202 g/mol. The number of aliphatic hydroxyl groups is 1. The van der Waals surface area contributed by atoms with E-state index in [4.69, 9.17) is 4.74 Å². The van der Waals surface area contributed by atoms with Gasteiger partial charge in [-0.25, -0.2) is 0 Å². The van der Waals surface area contributed by atoms with E-state index in [1.165, 1.54) is 12.8 Å². The molecule has 0 aromatic heterocycles. The van der Waals surface area contributed by atoms with Crippen molar-refractivity contribution in [3.63, 3.8) is 0 Å². The third kappa shape index (κ3) is 5.85. The normalized spacial score (nSPS) is 12.6. The summed E-state index contributed by atoms with van der Waals surface area (Å²) in [5.74, 6) is 0. The van der Waals surface area contributed by atoms with Crippen molar-refractivity contribution in [3.05, 3.63) is 35.9 Å². The van der Waals surface area contributed by atoms with Crippen LogP contribution in [0.4, 0.5) is 0 Å². The third-order valence-electron chi connectivity index (χ3n) is 2.35. The highest BCUT2D eigenvalue weighted by Crippen LogP contribution is 2.01. The van der Waals surface area contributed by atoms with Crippen molar-refractivity contribution in [2.24, 2.45) is 0 Å². The molecule has 0 saturated heterocycles. The molecule has 0 fully saturated rings. The van der Waals surface area contributed by atoms with Crippen LogP contribution in [0.25, 0.3) is 0 Å². The fourth-order valence-electron chi connectivity index (χ4n) is 1.41. The highest BCUT2D eigenvalue weighted by molar-refractivity contribution is 5.13. The summed E-state index contributed by atoms with van der Waals surface area (Å²) in [5, 5.41) is 12.4. The van der Waals surface area contributed by atoms with E-state index in [1.54, 1.807) is 0 Å². The van der Waals surface area contributed by atoms with E-state index >= 15 is 0 Å². The Labute approximate surface area is 97.4 Å². The Morgan fingerprint density at radius 3 is 2.69 bits per heavy atom. The second kappa shape index (κ2) is 8.28. The van der Waals surface area contributed by atoms with Gasteiger partial charge >= 0.3 is 0 Å². The molecule has 0 spiro atoms. The molecule has 1 atom stereocenters. The second-order valence-electron chi connectivity index (χ2n) is 3.81. The van der Waals surface area contributed by atoms with Crippen molar-refractivity contribution in [1.29, 1.82) is 0 Å². The van der Waals surface area contributed by atoms with E-state index < -0.39 is 6.41 Å². The third-order valence-corrected chi connectivity index (χ3v) is 2.35. The van der Waals surface area contributed by atoms with Crippen molar-refractivity contribution in [2.75, 3.05) is 6.54 Å². The Kier molecular flexibility index (Phi) is 6.81. The summed E-state index contributed by atoms with van der Waals surface area (Å²) in [4.78, 5) is 0. The average Bonchev–Trinajstić information content (AvgIpc) is 2.33. The lowest BCUT2D eigenvalue weighted by Gasteiger charge is -2.13. The molecule has 16 heavy (non-hydrogen) atoms. The summed E-state index contributed by atoms with van der Waals surface area (Å²) < 4.78 is 5.25. The number of hydrogen-bond donors (Lipinski definition) is 2. The molecule has 0 aliphatic heterocycles. The van der Waals surface area contributed by atoms with Crippen LogP contribution >= 0.6 is 0 Å². The Balaban J connectivity index is 2.08. The van der Waals surface area contributed by atoms with Gasteiger partial charge in [-0.2, -0.15) is 0 Å². The molecule has 3 nitrogen and oxygen atoms in total. The molecule has 0 saturated carbocycles. The first-order valence-corrected chi connectivity index (χ1v) is 5.90. The highest BCUT2D eigenvalue weighted by Gasteiger charge is 2.02. The predicted octanol–water partition coefficient (Wildman–Crippen LogP) is 2.26. The molecule has 2 N–H and O–H groups in total. The van der Waals surface area contributed by atoms with Crippen LogP contribution in [-0.4, -0.2) is 18.1 Å². The molecule has 1 aromatic carbocycles. The number of ether oxygens (including phenoxy) is 1. The quantitative estimate of drug-likeness (QED) is 0.524. The predicted molar refractivity (Wildman–Crippen MR) is 64.8 cm³/mol. The van der Waals surface area contributed by atoms with E-state index in [0.717, 1.165) is 18.5 Å². The van der Waals surface area contributed by atoms with E-state index in [2.05, 4.69) is 12.2 Å². The molecule has 0 aliphatic rings. The van der Waals surface area contributed by atoms with Crippen LogP contribution in [0.3, 0.4) is 0 Å². The molecule has 3 heteroatoms. The number of benzene rings is 1. The average molecular weight is 223 g/mol. The van der Waals surface area contributed by atoms with Gasteiger partial charge in [0.1, 0.15) is 0 Å². The molecule has 0 amide bonds. The number of hydrogen-bond acceptors (Lipinski definition) is 3. The lowest BCUT2D eigenvalue weighted by molar-refractivity contribution is -0.128. The fraction of sp³-hybridized carbons (Fsp3) is 0.538. The summed E-state index contributed by atoms with van der Waals surface area (Å²) in [5.41, 5.74) is 1.07. The number of unbranched alkanes of at least 4 members (excludes halogenated alkanes) is 2. The van der Waals surface area contributed by atoms with Crippen LogP contribution in [0.2, 0.25) is 0 Å². The molecule has 0 bridgehead atoms. The highest BCUT2D eigenvalue weighted by atomic mass is 16.6. The smallest absolute Gasteiger partial charge is 0.213 e. The van der Waals surface area contributed by atoms with Crippen LogP contribution in [0.1, 0.15) is 31.7 Å². The minimum atomic E-state index is -0.864. The summed E-state index contributed by atoms with van der Waals surface area (Å²) in [6.45, 7) is 3.38. The molecule has 0 radical (unpaired) electrons. The SMILES string of the molecule is CCCCCNC(O)OCc1ccccc1. The molecular formula is C13H21NO2. The van der Waals surface area contributed by atoms with Crippen LogP contribution in [0, 0.1) is 0 Å². The minimum absolute atomic E-state index is 0.433. The summed E-state index contributed by atoms with van der Waals surface area (Å²) in [6.07, 6.45) is 2.57. The Morgan fingerprint density at radius 1 is 1.25 bits per heavy atom. The maximum Gasteiger partial charge on any atom is 0.213 e. The van der Waals surface area contributed by atoms with E-state index in [9.17, 15) is 5.11 Å². The van der Waals surface area contributed by atoms with Crippen LogP contribution in [0.15, 0.2) is 30.3 Å². The van der Waals surface area contributed by atoms with Crippen LogP contribution < -0.4 is 5.32 Å². The van der Waals surface area contributed by atoms with Crippen molar-refractivity contribution in [1.82, 2.24) is 5.32 Å². The van der Waals surface area contributed by atoms with Gasteiger partial charge in [0, 0.05) is 0 Å². The summed E-state index contributed by atoms with van der Waals surface area (Å²) in [6, 6.07) is 9.83. The lowest BCUT2D eigenvalue weighted by Crippen LogP contribution is -2.32. The maximum atomic E-state index is 9.48. The first-order valence-electron chi connectivity index (χ1n) is 5.90. The zero-order valence-corrected chi connectivity index (χ0v) is 9.86. The molecule has 90 valence electrons. The first kappa shape index (κ1) is 13.2. The second-order valence-corrected chi connectivity index (χ2v) is 3.81. The number of aliphatic hydroxyl groups excluding tert-OH is 1. The van der Waals surface area contributed by atoms with Gasteiger partial charge in [-0.1, -0.05) is 50.1 Å². The molecule has 0 heterocycles. The lowest BCUT2D eigenvalue weighted by atomic mass is 10.2. The largest absolute Gasteiger partial charge is 0.356 e. The zero-order chi connectivity index (χ0) is 11.6. The molecule has 0 aliphatic carbocycles. The van der Waals surface area contributed by atoms with Crippen molar-refractivity contribution in [2.45, 2.75) is 39.2 Å². The minimum Gasteiger partial charge on any atom is -0.356 e. The van der Waals surface area contributed by atoms with Gasteiger partial charge in [-0.3, -0.25) is 5.32 Å². The van der Waals surface area contributed by atoms with Crippen LogP contribution in [0.5, 0.6) is 0 Å². The Hall–Kier alpha value is -0.900. The van der Waals surface area contributed by atoms with Gasteiger partial charge in [-0.05, 0) is 18.5 Å². The van der Waals surface area contributed by atoms with Gasteiger partial charge in [0.2, 0.25) is 6.41 Å². The Bertz CT molecular complexity index is 264. The Morgan fingerprint density at radius 2 is 2.00 bits per heavy atom. The monoisotopic (exact) mass is 223 g/mol. The molecule has 1 aromatic rings. The summed E-state index contributed by atoms with van der Waals surface area (Å²) >= 11 is 0. The number of rotatable bonds is 8. The van der Waals surface area contributed by atoms with Crippen molar-refractivity contribution < 1.29 is 9.84 Å². The van der Waals surface area contributed by atoms with Gasteiger partial charge in [-0.15, -0.1) is 0 Å². The van der Waals surface area contributed by atoms with Gasteiger partial charge < -0.3 is 9.84 Å². The molecule has 1 unspecified atom stereocenters. The van der Waals surface area contributed by atoms with Crippen LogP contribution in [-0.2, 0) is 11.3 Å². The first-order chi connectivity index (χ1) is 7.83. The fourth-order valence-corrected chi connectivity index (χ4v) is 1.41. The summed E-state index contributed by atoms with van der Waals surface area (Å²) in [7, 11) is 0. The van der Waals surface area contributed by atoms with E-state index in [-0.39, 0.29) is 0 Å².